The van der Waals surface area contributed by atoms with Crippen LogP contribution < -0.4 is 0 Å². The Kier molecular flexibility index (Phi) is 5.20. The molecular weight excluding hydrogens is 258 g/mol. The van der Waals surface area contributed by atoms with Crippen LogP contribution in [0.3, 0.4) is 0 Å². The highest BCUT2D eigenvalue weighted by Crippen LogP contribution is 2.48. The third kappa shape index (κ3) is 3.22. The summed E-state index contributed by atoms with van der Waals surface area (Å²) in [5.41, 5.74) is 3.25. The number of rotatable bonds is 3. The zero-order chi connectivity index (χ0) is 15.8. The molecule has 0 aromatic carbocycles. The Labute approximate surface area is 131 Å². The van der Waals surface area contributed by atoms with Gasteiger partial charge in [0.25, 0.3) is 0 Å². The highest BCUT2D eigenvalue weighted by molar-refractivity contribution is 5.35. The number of hydrogen-bond acceptors (Lipinski definition) is 2. The van der Waals surface area contributed by atoms with Gasteiger partial charge in [-0.3, -0.25) is 0 Å². The molecule has 2 aliphatic rings. The maximum atomic E-state index is 6.64. The first-order chi connectivity index (χ1) is 9.78. The quantitative estimate of drug-likeness (QED) is 0.702. The van der Waals surface area contributed by atoms with Gasteiger partial charge in [-0.25, -0.2) is 0 Å². The Morgan fingerprint density at radius 2 is 1.67 bits per heavy atom. The van der Waals surface area contributed by atoms with Crippen LogP contribution >= 0.6 is 0 Å². The van der Waals surface area contributed by atoms with Crippen molar-refractivity contribution in [2.75, 3.05) is 13.1 Å². The van der Waals surface area contributed by atoms with E-state index in [0.29, 0.717) is 24.0 Å². The molecular formula is C19H35NO. The SMILES string of the molecule is CC(C)C1=C(C(C)C)[C@@]2(CCCN(C(C)C)CC2)O[C@@H]1C. The van der Waals surface area contributed by atoms with Crippen molar-refractivity contribution >= 4 is 0 Å². The summed E-state index contributed by atoms with van der Waals surface area (Å²) in [5.74, 6) is 1.19. The van der Waals surface area contributed by atoms with Crippen LogP contribution in [-0.4, -0.2) is 35.7 Å². The third-order valence-corrected chi connectivity index (χ3v) is 5.40. The fourth-order valence-corrected chi connectivity index (χ4v) is 4.62. The lowest BCUT2D eigenvalue weighted by atomic mass is 9.77. The summed E-state index contributed by atoms with van der Waals surface area (Å²) in [7, 11) is 0. The Morgan fingerprint density at radius 1 is 1.00 bits per heavy atom. The van der Waals surface area contributed by atoms with Gasteiger partial charge in [0.15, 0.2) is 0 Å². The monoisotopic (exact) mass is 293 g/mol. The topological polar surface area (TPSA) is 12.5 Å². The highest BCUT2D eigenvalue weighted by atomic mass is 16.5. The maximum Gasteiger partial charge on any atom is 0.0918 e. The van der Waals surface area contributed by atoms with E-state index in [1.807, 2.05) is 0 Å². The largest absolute Gasteiger partial charge is 0.363 e. The van der Waals surface area contributed by atoms with E-state index in [-0.39, 0.29) is 5.60 Å². The van der Waals surface area contributed by atoms with Gasteiger partial charge in [0.05, 0.1) is 11.7 Å². The molecule has 0 N–H and O–H groups in total. The molecule has 1 spiro atoms. The summed E-state index contributed by atoms with van der Waals surface area (Å²) < 4.78 is 6.64. The zero-order valence-electron chi connectivity index (χ0n) is 15.2. The van der Waals surface area contributed by atoms with E-state index in [4.69, 9.17) is 4.74 Å². The Bertz CT molecular complexity index is 396. The van der Waals surface area contributed by atoms with E-state index in [9.17, 15) is 0 Å². The van der Waals surface area contributed by atoms with Gasteiger partial charge in [-0.2, -0.15) is 0 Å². The Morgan fingerprint density at radius 3 is 2.19 bits per heavy atom. The molecule has 0 aromatic heterocycles. The molecule has 0 aliphatic carbocycles. The average molecular weight is 293 g/mol. The van der Waals surface area contributed by atoms with Crippen LogP contribution in [0.1, 0.15) is 67.7 Å². The van der Waals surface area contributed by atoms with E-state index in [1.165, 1.54) is 32.4 Å². The summed E-state index contributed by atoms with van der Waals surface area (Å²) in [6.07, 6.45) is 3.92. The lowest BCUT2D eigenvalue weighted by molar-refractivity contribution is -0.0383. The van der Waals surface area contributed by atoms with E-state index in [0.717, 1.165) is 0 Å². The molecule has 21 heavy (non-hydrogen) atoms. The Balaban J connectivity index is 2.33. The highest BCUT2D eigenvalue weighted by Gasteiger charge is 2.47. The lowest BCUT2D eigenvalue weighted by Gasteiger charge is -2.34. The second-order valence-corrected chi connectivity index (χ2v) is 7.92. The van der Waals surface area contributed by atoms with Gasteiger partial charge < -0.3 is 9.64 Å². The van der Waals surface area contributed by atoms with Gasteiger partial charge in [0.2, 0.25) is 0 Å². The molecule has 0 saturated carbocycles. The van der Waals surface area contributed by atoms with Crippen molar-refractivity contribution in [3.8, 4) is 0 Å². The van der Waals surface area contributed by atoms with Crippen LogP contribution in [0.15, 0.2) is 11.1 Å². The molecule has 0 amide bonds. The third-order valence-electron chi connectivity index (χ3n) is 5.40. The predicted molar refractivity (Wildman–Crippen MR) is 90.5 cm³/mol. The number of hydrogen-bond donors (Lipinski definition) is 0. The van der Waals surface area contributed by atoms with Crippen LogP contribution in [0.4, 0.5) is 0 Å². The minimum atomic E-state index is 0.0246. The van der Waals surface area contributed by atoms with Crippen LogP contribution in [0.25, 0.3) is 0 Å². The van der Waals surface area contributed by atoms with Gasteiger partial charge in [-0.1, -0.05) is 27.7 Å². The molecule has 122 valence electrons. The molecule has 2 heterocycles. The van der Waals surface area contributed by atoms with Gasteiger partial charge in [-0.05, 0) is 69.6 Å². The summed E-state index contributed by atoms with van der Waals surface area (Å²) in [5, 5.41) is 0. The Hall–Kier alpha value is -0.340. The van der Waals surface area contributed by atoms with E-state index in [1.54, 1.807) is 11.1 Å². The number of likely N-dealkylation sites (tertiary alicyclic amines) is 1. The van der Waals surface area contributed by atoms with Crippen molar-refractivity contribution < 1.29 is 4.74 Å². The van der Waals surface area contributed by atoms with Crippen molar-refractivity contribution in [2.45, 2.75) is 85.5 Å². The first-order valence-electron chi connectivity index (χ1n) is 8.95. The average Bonchev–Trinajstić information content (AvgIpc) is 2.52. The van der Waals surface area contributed by atoms with Crippen LogP contribution in [-0.2, 0) is 4.74 Å². The first-order valence-corrected chi connectivity index (χ1v) is 8.95. The maximum absolute atomic E-state index is 6.64. The van der Waals surface area contributed by atoms with Crippen LogP contribution in [0, 0.1) is 11.8 Å². The molecule has 2 nitrogen and oxygen atoms in total. The van der Waals surface area contributed by atoms with Crippen molar-refractivity contribution in [1.82, 2.24) is 4.90 Å². The van der Waals surface area contributed by atoms with Crippen LogP contribution in [0.5, 0.6) is 0 Å². The summed E-state index contributed by atoms with van der Waals surface area (Å²) in [6.45, 7) is 18.6. The van der Waals surface area contributed by atoms with E-state index < -0.39 is 0 Å². The second-order valence-electron chi connectivity index (χ2n) is 7.92. The fraction of sp³-hybridized carbons (Fsp3) is 0.895. The number of nitrogens with zero attached hydrogens (tertiary/aromatic N) is 1. The predicted octanol–water partition coefficient (Wildman–Crippen LogP) is 4.65. The van der Waals surface area contributed by atoms with Crippen molar-refractivity contribution in [1.29, 1.82) is 0 Å². The summed E-state index contributed by atoms with van der Waals surface area (Å²) in [6, 6.07) is 0.648. The molecule has 2 heteroatoms. The van der Waals surface area contributed by atoms with E-state index >= 15 is 0 Å². The number of ether oxygens (including phenoxy) is 1. The zero-order valence-corrected chi connectivity index (χ0v) is 15.2. The fourth-order valence-electron chi connectivity index (χ4n) is 4.62. The molecule has 1 saturated heterocycles. The van der Waals surface area contributed by atoms with Gasteiger partial charge in [0, 0.05) is 12.6 Å². The molecule has 0 bridgehead atoms. The minimum Gasteiger partial charge on any atom is -0.363 e. The lowest BCUT2D eigenvalue weighted by Crippen LogP contribution is -2.37. The van der Waals surface area contributed by atoms with Crippen molar-refractivity contribution in [2.24, 2.45) is 11.8 Å². The second kappa shape index (κ2) is 6.42. The molecule has 2 rings (SSSR count). The van der Waals surface area contributed by atoms with Crippen LogP contribution in [0.2, 0.25) is 0 Å². The molecule has 0 radical (unpaired) electrons. The van der Waals surface area contributed by atoms with Gasteiger partial charge >= 0.3 is 0 Å². The van der Waals surface area contributed by atoms with Crippen molar-refractivity contribution in [3.05, 3.63) is 11.1 Å². The normalized spacial score (nSPS) is 32.0. The molecule has 1 fully saturated rings. The molecule has 0 aromatic rings. The molecule has 2 atom stereocenters. The first kappa shape index (κ1) is 17.0. The molecule has 2 aliphatic heterocycles. The minimum absolute atomic E-state index is 0.0246. The summed E-state index contributed by atoms with van der Waals surface area (Å²) >= 11 is 0. The van der Waals surface area contributed by atoms with Crippen molar-refractivity contribution in [3.63, 3.8) is 0 Å². The standard InChI is InChI=1S/C19H35NO/c1-13(2)17-16(7)21-19(18(17)14(3)4)9-8-11-20(12-10-19)15(5)6/h13-16H,8-12H2,1-7H3/t16-,19+/m1/s1. The molecule has 0 unspecified atom stereocenters. The summed E-state index contributed by atoms with van der Waals surface area (Å²) in [4.78, 5) is 2.62. The van der Waals surface area contributed by atoms with Gasteiger partial charge in [0.1, 0.15) is 0 Å². The van der Waals surface area contributed by atoms with Gasteiger partial charge in [-0.15, -0.1) is 0 Å². The van der Waals surface area contributed by atoms with E-state index in [2.05, 4.69) is 53.4 Å². The smallest absolute Gasteiger partial charge is 0.0918 e.